The van der Waals surface area contributed by atoms with Crippen LogP contribution in [-0.4, -0.2) is 39.7 Å². The van der Waals surface area contributed by atoms with Crippen molar-refractivity contribution in [3.63, 3.8) is 0 Å². The lowest BCUT2D eigenvalue weighted by Gasteiger charge is -2.21. The van der Waals surface area contributed by atoms with E-state index < -0.39 is 0 Å². The summed E-state index contributed by atoms with van der Waals surface area (Å²) >= 11 is 0. The number of nitrogens with zero attached hydrogens (tertiary/aromatic N) is 4. The lowest BCUT2D eigenvalue weighted by atomic mass is 9.97. The number of dihydropyridines is 1. The minimum absolute atomic E-state index is 0.0460. The molecule has 10 rings (SSSR count). The fraction of sp³-hybridized carbons (Fsp3) is 0.136. The summed E-state index contributed by atoms with van der Waals surface area (Å²) in [5.41, 5.74) is 13.1. The predicted molar refractivity (Wildman–Crippen MR) is 207 cm³/mol. The number of para-hydroxylation sites is 1. The van der Waals surface area contributed by atoms with Crippen LogP contribution in [0.25, 0.3) is 56.1 Å². The monoisotopic (exact) mass is 663 g/mol. The molecule has 5 aromatic rings. The minimum Gasteiger partial charge on any atom is -0.468 e. The van der Waals surface area contributed by atoms with Crippen LogP contribution in [0.4, 0.5) is 0 Å². The molecule has 0 saturated heterocycles. The third kappa shape index (κ3) is 5.18. The number of benzene rings is 3. The quantitative estimate of drug-likeness (QED) is 0.184. The van der Waals surface area contributed by atoms with E-state index in [2.05, 4.69) is 135 Å². The smallest absolute Gasteiger partial charge is 0.302 e. The molecule has 0 saturated carbocycles. The number of rotatable bonds is 6. The molecule has 5 heterocycles. The maximum atomic E-state index is 6.73. The SMILES string of the molecule is C1=CCC(C2NC3=C(O2)c2c(n(-c4ccc(-c5nc(C6=CC=[N+]=C6)cc(-c6ccc(C7=CCNC=C7)cc6)n5)cc4)c4ccccc24)CC3)C=C1. The summed E-state index contributed by atoms with van der Waals surface area (Å²) in [5.74, 6) is 2.00. The summed E-state index contributed by atoms with van der Waals surface area (Å²) in [6.45, 7) is 0.837. The molecule has 7 heteroatoms. The summed E-state index contributed by atoms with van der Waals surface area (Å²) in [7, 11) is 0. The van der Waals surface area contributed by atoms with E-state index in [-0.39, 0.29) is 6.23 Å². The topological polar surface area (TPSA) is 78.1 Å². The number of aromatic nitrogens is 3. The molecule has 2 unspecified atom stereocenters. The van der Waals surface area contributed by atoms with Crippen molar-refractivity contribution >= 4 is 40.2 Å². The van der Waals surface area contributed by atoms with Gasteiger partial charge in [-0.15, -0.1) is 4.67 Å². The van der Waals surface area contributed by atoms with E-state index in [4.69, 9.17) is 14.7 Å². The minimum atomic E-state index is -0.0460. The highest BCUT2D eigenvalue weighted by Crippen LogP contribution is 2.44. The average Bonchev–Trinajstić information content (AvgIpc) is 3.97. The first-order valence-electron chi connectivity index (χ1n) is 17.7. The maximum absolute atomic E-state index is 6.73. The number of hydrogen-bond donors (Lipinski definition) is 2. The number of hydrogen-bond acceptors (Lipinski definition) is 5. The van der Waals surface area contributed by atoms with Crippen molar-refractivity contribution in [1.29, 1.82) is 0 Å². The highest BCUT2D eigenvalue weighted by molar-refractivity contribution is 6.17. The van der Waals surface area contributed by atoms with E-state index in [9.17, 15) is 0 Å². The van der Waals surface area contributed by atoms with Gasteiger partial charge in [-0.1, -0.05) is 72.8 Å². The second kappa shape index (κ2) is 12.2. The van der Waals surface area contributed by atoms with E-state index >= 15 is 0 Å². The molecule has 0 fully saturated rings. The van der Waals surface area contributed by atoms with Crippen molar-refractivity contribution in [1.82, 2.24) is 29.8 Å². The average molecular weight is 664 g/mol. The summed E-state index contributed by atoms with van der Waals surface area (Å²) in [5, 5.41) is 8.17. The lowest BCUT2D eigenvalue weighted by Crippen LogP contribution is -2.31. The largest absolute Gasteiger partial charge is 0.468 e. The molecule has 0 amide bonds. The predicted octanol–water partition coefficient (Wildman–Crippen LogP) is 7.55. The van der Waals surface area contributed by atoms with E-state index in [0.29, 0.717) is 11.7 Å². The molecule has 2 aromatic heterocycles. The molecule has 0 spiro atoms. The molecule has 2 aliphatic carbocycles. The molecule has 7 nitrogen and oxygen atoms in total. The molecule has 2 atom stereocenters. The zero-order valence-electron chi connectivity index (χ0n) is 28.0. The third-order valence-corrected chi connectivity index (χ3v) is 10.3. The van der Waals surface area contributed by atoms with Crippen LogP contribution in [0.5, 0.6) is 0 Å². The van der Waals surface area contributed by atoms with Crippen LogP contribution in [0.3, 0.4) is 0 Å². The van der Waals surface area contributed by atoms with Crippen molar-refractivity contribution in [2.24, 2.45) is 5.92 Å². The Morgan fingerprint density at radius 3 is 2.49 bits per heavy atom. The van der Waals surface area contributed by atoms with Gasteiger partial charge in [0.1, 0.15) is 0 Å². The van der Waals surface area contributed by atoms with Crippen LogP contribution in [-0.2, 0) is 11.2 Å². The van der Waals surface area contributed by atoms with Gasteiger partial charge < -0.3 is 19.9 Å². The first kappa shape index (κ1) is 29.5. The summed E-state index contributed by atoms with van der Waals surface area (Å²) in [6, 6.07) is 28.0. The Hall–Kier alpha value is -6.43. The van der Waals surface area contributed by atoms with Gasteiger partial charge in [0.2, 0.25) is 0 Å². The van der Waals surface area contributed by atoms with Crippen LogP contribution in [0, 0.1) is 5.92 Å². The Morgan fingerprint density at radius 1 is 0.843 bits per heavy atom. The van der Waals surface area contributed by atoms with Gasteiger partial charge in [0, 0.05) is 52.0 Å². The fourth-order valence-electron chi connectivity index (χ4n) is 7.77. The normalized spacial score (nSPS) is 19.8. The number of nitrogens with one attached hydrogen (secondary N) is 2. The zero-order valence-corrected chi connectivity index (χ0v) is 28.0. The van der Waals surface area contributed by atoms with Gasteiger partial charge in [0.15, 0.2) is 17.8 Å². The van der Waals surface area contributed by atoms with E-state index in [1.165, 1.54) is 39.0 Å². The Morgan fingerprint density at radius 2 is 1.69 bits per heavy atom. The maximum Gasteiger partial charge on any atom is 0.302 e. The lowest BCUT2D eigenvalue weighted by molar-refractivity contribution is 0.127. The van der Waals surface area contributed by atoms with Gasteiger partial charge in [-0.05, 0) is 79.1 Å². The van der Waals surface area contributed by atoms with Gasteiger partial charge in [-0.2, -0.15) is 0 Å². The Kier molecular flexibility index (Phi) is 7.03. The van der Waals surface area contributed by atoms with Crippen molar-refractivity contribution in [2.75, 3.05) is 6.54 Å². The molecule has 51 heavy (non-hydrogen) atoms. The summed E-state index contributed by atoms with van der Waals surface area (Å²) in [6.07, 6.45) is 23.5. The van der Waals surface area contributed by atoms with Crippen molar-refractivity contribution in [3.8, 4) is 28.3 Å². The van der Waals surface area contributed by atoms with Gasteiger partial charge in [-0.3, -0.25) is 0 Å². The standard InChI is InChI=1S/C44H35N6O/c1-2-6-32(7-3-1)44-49-36-18-19-40-41(42(36)51-44)35-8-4-5-9-39(35)50(40)34-16-14-31(15-17-34)43-47-37(26-38(48-43)33-22-25-46-27-33)30-12-10-28(11-13-30)29-20-23-45-24-21-29/h1-6,8-17,20-23,25-27,32,44-45,49H,7,18-19,24H2/q+1. The highest BCUT2D eigenvalue weighted by Gasteiger charge is 2.37. The fourth-order valence-corrected chi connectivity index (χ4v) is 7.77. The molecule has 3 aromatic carbocycles. The zero-order chi connectivity index (χ0) is 33.7. The van der Waals surface area contributed by atoms with Crippen LogP contribution in [0.2, 0.25) is 0 Å². The van der Waals surface area contributed by atoms with Crippen LogP contribution < -0.4 is 15.3 Å². The molecule has 2 N–H and O–H groups in total. The molecule has 0 bridgehead atoms. The van der Waals surface area contributed by atoms with Crippen molar-refractivity contribution < 1.29 is 4.74 Å². The molecular weight excluding hydrogens is 629 g/mol. The Balaban J connectivity index is 1.01. The second-order valence-electron chi connectivity index (χ2n) is 13.4. The van der Waals surface area contributed by atoms with Gasteiger partial charge in [-0.25, -0.2) is 9.97 Å². The molecule has 246 valence electrons. The van der Waals surface area contributed by atoms with E-state index in [1.54, 1.807) is 6.21 Å². The van der Waals surface area contributed by atoms with E-state index in [0.717, 1.165) is 65.3 Å². The summed E-state index contributed by atoms with van der Waals surface area (Å²) in [4.78, 5) is 10.1. The van der Waals surface area contributed by atoms with Crippen LogP contribution in [0.15, 0.2) is 133 Å². The molecule has 5 aliphatic rings. The molecule has 0 radical (unpaired) electrons. The van der Waals surface area contributed by atoms with Gasteiger partial charge in [0.25, 0.3) is 6.21 Å². The Bertz CT molecular complexity index is 2480. The second-order valence-corrected chi connectivity index (χ2v) is 13.4. The first-order chi connectivity index (χ1) is 25.3. The first-order valence-corrected chi connectivity index (χ1v) is 17.7. The van der Waals surface area contributed by atoms with Crippen LogP contribution in [0.1, 0.15) is 35.4 Å². The number of ether oxygens (including phenoxy) is 1. The van der Waals surface area contributed by atoms with Crippen molar-refractivity contribution in [3.05, 3.63) is 156 Å². The van der Waals surface area contributed by atoms with Gasteiger partial charge >= 0.3 is 6.21 Å². The van der Waals surface area contributed by atoms with E-state index in [1.807, 2.05) is 18.5 Å². The third-order valence-electron chi connectivity index (χ3n) is 10.3. The van der Waals surface area contributed by atoms with Crippen LogP contribution >= 0.6 is 0 Å². The number of allylic oxidation sites excluding steroid dienone is 8. The highest BCUT2D eigenvalue weighted by atomic mass is 16.5. The molecule has 3 aliphatic heterocycles. The van der Waals surface area contributed by atoms with Gasteiger partial charge in [0.05, 0.1) is 28.2 Å². The molecular formula is C44H35N6O+. The Labute approximate surface area is 296 Å². The van der Waals surface area contributed by atoms with Crippen molar-refractivity contribution in [2.45, 2.75) is 25.5 Å². The number of fused-ring (bicyclic) bond motifs is 4. The summed E-state index contributed by atoms with van der Waals surface area (Å²) < 4.78 is 13.5.